The number of fused-ring (bicyclic) bond motifs is 1. The lowest BCUT2D eigenvalue weighted by Gasteiger charge is -2.48. The number of likely N-dealkylation sites (tertiary alicyclic amines) is 1. The number of hydrogen-bond donors (Lipinski definition) is 1. The summed E-state index contributed by atoms with van der Waals surface area (Å²) in [6.07, 6.45) is 10.6. The molecule has 5 heteroatoms. The molecule has 5 rings (SSSR count). The van der Waals surface area contributed by atoms with Crippen LogP contribution >= 0.6 is 0 Å². The highest BCUT2D eigenvalue weighted by molar-refractivity contribution is 5.88. The van der Waals surface area contributed by atoms with E-state index in [9.17, 15) is 4.79 Å². The van der Waals surface area contributed by atoms with Crippen LogP contribution in [0.25, 0.3) is 10.9 Å². The number of carbonyl (C=O) groups is 1. The number of benzene rings is 1. The van der Waals surface area contributed by atoms with Gasteiger partial charge in [-0.2, -0.15) is 0 Å². The van der Waals surface area contributed by atoms with Crippen molar-refractivity contribution in [3.8, 4) is 0 Å². The molecule has 0 bridgehead atoms. The number of aromatic amines is 1. The Balaban J connectivity index is 1.34. The molecule has 2 aromatic rings. The number of rotatable bonds is 4. The van der Waals surface area contributed by atoms with Crippen LogP contribution in [0.3, 0.4) is 0 Å². The fraction of sp³-hybridized carbons (Fsp3) is 0.625. The molecule has 29 heavy (non-hydrogen) atoms. The Labute approximate surface area is 173 Å². The number of carbonyl (C=O) groups excluding carboxylic acids is 1. The van der Waals surface area contributed by atoms with E-state index in [-0.39, 0.29) is 11.5 Å². The van der Waals surface area contributed by atoms with Crippen LogP contribution in [-0.2, 0) is 16.0 Å². The first kappa shape index (κ1) is 19.1. The summed E-state index contributed by atoms with van der Waals surface area (Å²) < 4.78 is 6.26. The maximum absolute atomic E-state index is 13.3. The lowest BCUT2D eigenvalue weighted by Crippen LogP contribution is -2.58. The maximum atomic E-state index is 13.3. The van der Waals surface area contributed by atoms with Crippen LogP contribution in [0.4, 0.5) is 0 Å². The number of likely N-dealkylation sites (N-methyl/N-ethyl adjacent to an activating group) is 1. The molecule has 156 valence electrons. The fourth-order valence-electron chi connectivity index (χ4n) is 5.98. The number of nitrogens with zero attached hydrogens (tertiary/aromatic N) is 2. The number of ether oxygens (including phenoxy) is 1. The van der Waals surface area contributed by atoms with Gasteiger partial charge in [0.25, 0.3) is 0 Å². The Morgan fingerprint density at radius 3 is 2.86 bits per heavy atom. The van der Waals surface area contributed by atoms with E-state index in [1.807, 2.05) is 25.4 Å². The maximum Gasteiger partial charge on any atom is 0.227 e. The van der Waals surface area contributed by atoms with Crippen LogP contribution in [0, 0.1) is 0 Å². The molecular formula is C24H33N3O2. The molecule has 0 unspecified atom stereocenters. The number of para-hydroxylation sites is 1. The summed E-state index contributed by atoms with van der Waals surface area (Å²) in [7, 11) is 2.03. The van der Waals surface area contributed by atoms with Crippen molar-refractivity contribution in [2.75, 3.05) is 26.7 Å². The van der Waals surface area contributed by atoms with E-state index in [4.69, 9.17) is 4.74 Å². The summed E-state index contributed by atoms with van der Waals surface area (Å²) in [5.74, 6) is 0.229. The van der Waals surface area contributed by atoms with Gasteiger partial charge < -0.3 is 14.6 Å². The molecule has 3 fully saturated rings. The number of aromatic nitrogens is 1. The molecule has 1 N–H and O–H groups in total. The van der Waals surface area contributed by atoms with Crippen molar-refractivity contribution in [3.63, 3.8) is 0 Å². The SMILES string of the molecule is CN(C(=O)Cc1c[nH]c2ccccc12)[C@H]1CC[C@]2(CCCO2)C[C@@H]1N1CCCC1. The molecule has 1 aliphatic carbocycles. The largest absolute Gasteiger partial charge is 0.375 e. The van der Waals surface area contributed by atoms with E-state index < -0.39 is 0 Å². The van der Waals surface area contributed by atoms with E-state index in [2.05, 4.69) is 26.9 Å². The highest BCUT2D eigenvalue weighted by Gasteiger charge is 2.47. The highest BCUT2D eigenvalue weighted by Crippen LogP contribution is 2.43. The summed E-state index contributed by atoms with van der Waals surface area (Å²) in [4.78, 5) is 21.3. The Morgan fingerprint density at radius 2 is 2.07 bits per heavy atom. The van der Waals surface area contributed by atoms with Crippen molar-refractivity contribution in [1.29, 1.82) is 0 Å². The van der Waals surface area contributed by atoms with Crippen LogP contribution < -0.4 is 0 Å². The van der Waals surface area contributed by atoms with E-state index >= 15 is 0 Å². The summed E-state index contributed by atoms with van der Waals surface area (Å²) in [5.41, 5.74) is 2.28. The van der Waals surface area contributed by atoms with Crippen LogP contribution in [0.5, 0.6) is 0 Å². The summed E-state index contributed by atoms with van der Waals surface area (Å²) in [6.45, 7) is 3.25. The number of amides is 1. The fourth-order valence-corrected chi connectivity index (χ4v) is 5.98. The molecule has 1 spiro atoms. The predicted molar refractivity (Wildman–Crippen MR) is 115 cm³/mol. The van der Waals surface area contributed by atoms with E-state index in [1.54, 1.807) is 0 Å². The van der Waals surface area contributed by atoms with Gasteiger partial charge in [-0.05, 0) is 69.7 Å². The zero-order chi connectivity index (χ0) is 19.8. The van der Waals surface area contributed by atoms with Gasteiger partial charge in [-0.15, -0.1) is 0 Å². The van der Waals surface area contributed by atoms with E-state index in [0.29, 0.717) is 18.5 Å². The Morgan fingerprint density at radius 1 is 1.24 bits per heavy atom. The monoisotopic (exact) mass is 395 g/mol. The molecule has 3 aliphatic rings. The first-order valence-corrected chi connectivity index (χ1v) is 11.3. The lowest BCUT2D eigenvalue weighted by atomic mass is 9.76. The van der Waals surface area contributed by atoms with Gasteiger partial charge >= 0.3 is 0 Å². The molecule has 2 saturated heterocycles. The van der Waals surface area contributed by atoms with Gasteiger partial charge in [0.1, 0.15) is 0 Å². The average molecular weight is 396 g/mol. The minimum Gasteiger partial charge on any atom is -0.375 e. The standard InChI is InChI=1S/C24H33N3O2/c1-26(23(28)15-18-17-25-20-8-3-2-7-19(18)20)21-9-11-24(10-6-14-29-24)16-22(21)27-12-4-5-13-27/h2-3,7-8,17,21-22,25H,4-6,9-16H2,1H3/t21-,22-,24+/m0/s1. The molecule has 3 atom stereocenters. The lowest BCUT2D eigenvalue weighted by molar-refractivity contribution is -0.136. The quantitative estimate of drug-likeness (QED) is 0.858. The van der Waals surface area contributed by atoms with Gasteiger partial charge in [0.2, 0.25) is 5.91 Å². The first-order valence-electron chi connectivity index (χ1n) is 11.3. The van der Waals surface area contributed by atoms with Crippen molar-refractivity contribution in [2.45, 2.75) is 69.1 Å². The van der Waals surface area contributed by atoms with Gasteiger partial charge in [-0.1, -0.05) is 18.2 Å². The molecule has 1 saturated carbocycles. The Kier molecular flexibility index (Phi) is 5.12. The smallest absolute Gasteiger partial charge is 0.227 e. The van der Waals surface area contributed by atoms with Crippen molar-refractivity contribution < 1.29 is 9.53 Å². The summed E-state index contributed by atoms with van der Waals surface area (Å²) >= 11 is 0. The molecule has 1 aromatic carbocycles. The van der Waals surface area contributed by atoms with Gasteiger partial charge in [-0.25, -0.2) is 0 Å². The number of nitrogens with one attached hydrogen (secondary N) is 1. The highest BCUT2D eigenvalue weighted by atomic mass is 16.5. The first-order chi connectivity index (χ1) is 14.2. The second kappa shape index (κ2) is 7.77. The van der Waals surface area contributed by atoms with Gasteiger partial charge in [0.15, 0.2) is 0 Å². The van der Waals surface area contributed by atoms with Gasteiger partial charge in [-0.3, -0.25) is 9.69 Å². The predicted octanol–water partition coefficient (Wildman–Crippen LogP) is 3.73. The summed E-state index contributed by atoms with van der Waals surface area (Å²) in [5, 5.41) is 1.16. The molecule has 0 radical (unpaired) electrons. The Hall–Kier alpha value is -1.85. The molecular weight excluding hydrogens is 362 g/mol. The van der Waals surface area contributed by atoms with Crippen LogP contribution in [0.2, 0.25) is 0 Å². The van der Waals surface area contributed by atoms with Crippen molar-refractivity contribution in [1.82, 2.24) is 14.8 Å². The summed E-state index contributed by atoms with van der Waals surface area (Å²) in [6, 6.07) is 8.96. The van der Waals surface area contributed by atoms with Crippen LogP contribution in [0.1, 0.15) is 50.5 Å². The molecule has 5 nitrogen and oxygen atoms in total. The molecule has 3 heterocycles. The second-order valence-electron chi connectivity index (χ2n) is 9.30. The topological polar surface area (TPSA) is 48.6 Å². The second-order valence-corrected chi connectivity index (χ2v) is 9.30. The van der Waals surface area contributed by atoms with E-state index in [0.717, 1.165) is 42.3 Å². The molecule has 1 amide bonds. The van der Waals surface area contributed by atoms with E-state index in [1.165, 1.54) is 38.8 Å². The van der Waals surface area contributed by atoms with Crippen molar-refractivity contribution >= 4 is 16.8 Å². The third-order valence-corrected chi connectivity index (χ3v) is 7.62. The zero-order valence-corrected chi connectivity index (χ0v) is 17.5. The average Bonchev–Trinajstić information content (AvgIpc) is 3.50. The molecule has 2 aliphatic heterocycles. The number of hydrogen-bond acceptors (Lipinski definition) is 3. The van der Waals surface area contributed by atoms with Gasteiger partial charge in [0, 0.05) is 42.8 Å². The Bertz CT molecular complexity index is 864. The van der Waals surface area contributed by atoms with Crippen molar-refractivity contribution in [3.05, 3.63) is 36.0 Å². The van der Waals surface area contributed by atoms with Crippen LogP contribution in [0.15, 0.2) is 30.5 Å². The molecule has 1 aromatic heterocycles. The zero-order valence-electron chi connectivity index (χ0n) is 17.5. The number of H-pyrrole nitrogens is 1. The minimum atomic E-state index is 0.0739. The van der Waals surface area contributed by atoms with Crippen molar-refractivity contribution in [2.24, 2.45) is 0 Å². The minimum absolute atomic E-state index is 0.0739. The van der Waals surface area contributed by atoms with Crippen LogP contribution in [-0.4, -0.2) is 65.1 Å². The normalized spacial score (nSPS) is 30.4. The third kappa shape index (κ3) is 3.59. The third-order valence-electron chi connectivity index (χ3n) is 7.62. The van der Waals surface area contributed by atoms with Gasteiger partial charge in [0.05, 0.1) is 12.0 Å².